The molecule has 3 aromatic rings. The molecule has 2 aliphatic rings. The maximum Gasteiger partial charge on any atom is 0.389 e. The van der Waals surface area contributed by atoms with Crippen molar-refractivity contribution in [2.45, 2.75) is 56.8 Å². The predicted molar refractivity (Wildman–Crippen MR) is 138 cm³/mol. The first-order chi connectivity index (χ1) is 17.7. The van der Waals surface area contributed by atoms with E-state index in [9.17, 15) is 23.1 Å². The van der Waals surface area contributed by atoms with Crippen LogP contribution in [0, 0.1) is 0 Å². The first kappa shape index (κ1) is 25.7. The number of aromatic nitrogens is 3. The highest BCUT2D eigenvalue weighted by atomic mass is 19.4. The zero-order valence-electron chi connectivity index (χ0n) is 21.0. The van der Waals surface area contributed by atoms with Crippen LogP contribution in [0.15, 0.2) is 29.2 Å². The lowest BCUT2D eigenvalue weighted by Crippen LogP contribution is -2.44. The third kappa shape index (κ3) is 5.67. The van der Waals surface area contributed by atoms with Crippen LogP contribution in [-0.4, -0.2) is 76.6 Å². The van der Waals surface area contributed by atoms with Gasteiger partial charge < -0.3 is 20.2 Å². The predicted octanol–water partition coefficient (Wildman–Crippen LogP) is 3.93. The maximum atomic E-state index is 14.0. The monoisotopic (exact) mass is 518 g/mol. The van der Waals surface area contributed by atoms with Gasteiger partial charge in [0.2, 0.25) is 5.95 Å². The number of fused-ring (bicyclic) bond motifs is 3. The molecule has 0 amide bonds. The average Bonchev–Trinajstić information content (AvgIpc) is 2.87. The first-order valence-corrected chi connectivity index (χ1v) is 13.0. The SMILES string of the molecule is CN1CCN(c2ccc3c(c2)c(=O)n(C2CCC(O)CC2)c2nc(NCCCC(F)(F)F)ncc32)CC1. The molecule has 0 atom stereocenters. The Bertz CT molecular complexity index is 1310. The van der Waals surface area contributed by atoms with Crippen LogP contribution >= 0.6 is 0 Å². The fourth-order valence-electron chi connectivity index (χ4n) is 5.41. The van der Waals surface area contributed by atoms with E-state index in [0.717, 1.165) is 42.6 Å². The van der Waals surface area contributed by atoms with Gasteiger partial charge >= 0.3 is 6.18 Å². The number of nitrogens with zero attached hydrogens (tertiary/aromatic N) is 5. The van der Waals surface area contributed by atoms with Crippen molar-refractivity contribution in [1.29, 1.82) is 0 Å². The standard InChI is InChI=1S/C26H33F3N6O2/c1-33-11-13-34(14-12-33)18-5-8-20-21(15-18)24(37)35(17-3-6-19(36)7-4-17)23-22(20)16-31-25(32-23)30-10-2-9-26(27,28)29/h5,8,15-17,19,36H,2-4,6-7,9-14H2,1H3,(H,30,31,32). The van der Waals surface area contributed by atoms with Gasteiger partial charge in [0, 0.05) is 62.5 Å². The maximum absolute atomic E-state index is 14.0. The Balaban J connectivity index is 1.55. The molecule has 2 fully saturated rings. The number of aliphatic hydroxyl groups is 1. The Kier molecular flexibility index (Phi) is 7.26. The van der Waals surface area contributed by atoms with E-state index >= 15 is 0 Å². The first-order valence-electron chi connectivity index (χ1n) is 13.0. The van der Waals surface area contributed by atoms with E-state index in [1.165, 1.54) is 0 Å². The van der Waals surface area contributed by atoms with E-state index in [4.69, 9.17) is 0 Å². The summed E-state index contributed by atoms with van der Waals surface area (Å²) in [6.45, 7) is 3.76. The second kappa shape index (κ2) is 10.4. The summed E-state index contributed by atoms with van der Waals surface area (Å²) >= 11 is 0. The van der Waals surface area contributed by atoms with E-state index in [-0.39, 0.29) is 36.6 Å². The number of rotatable bonds is 6. The fourth-order valence-corrected chi connectivity index (χ4v) is 5.41. The lowest BCUT2D eigenvalue weighted by Gasteiger charge is -2.34. The van der Waals surface area contributed by atoms with Gasteiger partial charge in [0.15, 0.2) is 0 Å². The summed E-state index contributed by atoms with van der Waals surface area (Å²) in [6, 6.07) is 5.81. The minimum Gasteiger partial charge on any atom is -0.393 e. The summed E-state index contributed by atoms with van der Waals surface area (Å²) in [4.78, 5) is 27.5. The largest absolute Gasteiger partial charge is 0.393 e. The van der Waals surface area contributed by atoms with Crippen molar-refractivity contribution in [1.82, 2.24) is 19.4 Å². The van der Waals surface area contributed by atoms with Crippen LogP contribution in [0.1, 0.15) is 44.6 Å². The molecule has 1 saturated heterocycles. The molecule has 200 valence electrons. The van der Waals surface area contributed by atoms with E-state index in [1.807, 2.05) is 18.2 Å². The molecule has 0 bridgehead atoms. The molecule has 8 nitrogen and oxygen atoms in total. The molecular formula is C26H33F3N6O2. The normalized spacial score (nSPS) is 21.6. The van der Waals surface area contributed by atoms with Gasteiger partial charge in [-0.1, -0.05) is 6.07 Å². The van der Waals surface area contributed by atoms with Crippen LogP contribution < -0.4 is 15.8 Å². The van der Waals surface area contributed by atoms with Crippen LogP contribution in [0.3, 0.4) is 0 Å². The molecule has 37 heavy (non-hydrogen) atoms. The number of piperazine rings is 1. The Hall–Kier alpha value is -2.92. The van der Waals surface area contributed by atoms with Gasteiger partial charge in [0.05, 0.1) is 11.5 Å². The summed E-state index contributed by atoms with van der Waals surface area (Å²) in [5.74, 6) is 0.201. The number of halogens is 3. The lowest BCUT2D eigenvalue weighted by molar-refractivity contribution is -0.134. The van der Waals surface area contributed by atoms with E-state index in [1.54, 1.807) is 10.8 Å². The fraction of sp³-hybridized carbons (Fsp3) is 0.577. The summed E-state index contributed by atoms with van der Waals surface area (Å²) < 4.78 is 39.3. The zero-order valence-corrected chi connectivity index (χ0v) is 21.0. The Morgan fingerprint density at radius 1 is 1.05 bits per heavy atom. The molecule has 0 unspecified atom stereocenters. The average molecular weight is 519 g/mol. The molecule has 0 spiro atoms. The molecule has 1 aromatic carbocycles. The van der Waals surface area contributed by atoms with Crippen molar-refractivity contribution in [3.05, 3.63) is 34.7 Å². The second-order valence-electron chi connectivity index (χ2n) is 10.2. The van der Waals surface area contributed by atoms with Gasteiger partial charge in [-0.3, -0.25) is 9.36 Å². The van der Waals surface area contributed by atoms with E-state index < -0.39 is 12.6 Å². The van der Waals surface area contributed by atoms with Crippen molar-refractivity contribution < 1.29 is 18.3 Å². The van der Waals surface area contributed by atoms with Crippen molar-refractivity contribution in [2.24, 2.45) is 0 Å². The summed E-state index contributed by atoms with van der Waals surface area (Å²) in [7, 11) is 2.10. The molecule has 3 heterocycles. The molecule has 2 N–H and O–H groups in total. The van der Waals surface area contributed by atoms with E-state index in [0.29, 0.717) is 36.7 Å². The number of hydrogen-bond acceptors (Lipinski definition) is 7. The molecule has 11 heteroatoms. The minimum atomic E-state index is -4.21. The van der Waals surface area contributed by atoms with Crippen LogP contribution in [-0.2, 0) is 0 Å². The third-order valence-electron chi connectivity index (χ3n) is 7.56. The van der Waals surface area contributed by atoms with Gasteiger partial charge in [-0.25, -0.2) is 4.98 Å². The third-order valence-corrected chi connectivity index (χ3v) is 7.56. The smallest absolute Gasteiger partial charge is 0.389 e. The highest BCUT2D eigenvalue weighted by Crippen LogP contribution is 2.33. The van der Waals surface area contributed by atoms with Gasteiger partial charge in [0.25, 0.3) is 5.56 Å². The number of benzene rings is 1. The Morgan fingerprint density at radius 2 is 1.78 bits per heavy atom. The number of anilines is 2. The van der Waals surface area contributed by atoms with Crippen LogP contribution in [0.2, 0.25) is 0 Å². The number of aliphatic hydroxyl groups excluding tert-OH is 1. The highest BCUT2D eigenvalue weighted by molar-refractivity contribution is 6.05. The zero-order chi connectivity index (χ0) is 26.2. The van der Waals surface area contributed by atoms with Gasteiger partial charge in [-0.2, -0.15) is 18.2 Å². The Labute approximate surface area is 213 Å². The van der Waals surface area contributed by atoms with Crippen molar-refractivity contribution in [2.75, 3.05) is 50.0 Å². The van der Waals surface area contributed by atoms with Gasteiger partial charge in [0.1, 0.15) is 5.65 Å². The van der Waals surface area contributed by atoms with Gasteiger partial charge in [-0.05, 0) is 56.7 Å². The molecule has 1 saturated carbocycles. The van der Waals surface area contributed by atoms with Crippen molar-refractivity contribution in [3.8, 4) is 0 Å². The summed E-state index contributed by atoms with van der Waals surface area (Å²) in [5, 5.41) is 15.0. The summed E-state index contributed by atoms with van der Waals surface area (Å²) in [6.07, 6.45) is -1.40. The second-order valence-corrected chi connectivity index (χ2v) is 10.2. The lowest BCUT2D eigenvalue weighted by atomic mass is 9.92. The van der Waals surface area contributed by atoms with E-state index in [2.05, 4.69) is 32.1 Å². The topological polar surface area (TPSA) is 86.5 Å². The quantitative estimate of drug-likeness (QED) is 0.378. The van der Waals surface area contributed by atoms with Crippen LogP contribution in [0.5, 0.6) is 0 Å². The molecule has 1 aliphatic heterocycles. The van der Waals surface area contributed by atoms with Crippen molar-refractivity contribution in [3.63, 3.8) is 0 Å². The number of hydrogen-bond donors (Lipinski definition) is 2. The minimum absolute atomic E-state index is 0.0762. The van der Waals surface area contributed by atoms with Crippen LogP contribution in [0.25, 0.3) is 21.8 Å². The highest BCUT2D eigenvalue weighted by Gasteiger charge is 2.27. The summed E-state index contributed by atoms with van der Waals surface area (Å²) in [5.41, 5.74) is 1.34. The Morgan fingerprint density at radius 3 is 2.49 bits per heavy atom. The molecule has 0 radical (unpaired) electrons. The molecular weight excluding hydrogens is 485 g/mol. The number of pyridine rings is 1. The molecule has 5 rings (SSSR count). The van der Waals surface area contributed by atoms with Gasteiger partial charge in [-0.15, -0.1) is 0 Å². The number of nitrogens with one attached hydrogen (secondary N) is 1. The molecule has 1 aliphatic carbocycles. The van der Waals surface area contributed by atoms with Crippen LogP contribution in [0.4, 0.5) is 24.8 Å². The number of alkyl halides is 3. The molecule has 2 aromatic heterocycles. The number of likely N-dealkylation sites (N-methyl/N-ethyl adjacent to an activating group) is 1. The van der Waals surface area contributed by atoms with Crippen molar-refractivity contribution >= 4 is 33.4 Å².